The van der Waals surface area contributed by atoms with E-state index in [1.54, 1.807) is 0 Å². The molecule has 0 spiro atoms. The fraction of sp³-hybridized carbons (Fsp3) is 1.00. The highest BCUT2D eigenvalue weighted by Crippen LogP contribution is 3.03. The lowest BCUT2D eigenvalue weighted by Crippen LogP contribution is -3.16. The molecule has 0 atom stereocenters. The van der Waals surface area contributed by atoms with E-state index in [4.69, 9.17) is 5.73 Å². The van der Waals surface area contributed by atoms with Gasteiger partial charge >= 0.3 is 0 Å². The molecule has 0 saturated heterocycles. The maximum atomic E-state index is 13.5. The van der Waals surface area contributed by atoms with Gasteiger partial charge in [0.15, 0.2) is 0 Å². The lowest BCUT2D eigenvalue weighted by Gasteiger charge is -3.08. The summed E-state index contributed by atoms with van der Waals surface area (Å²) in [6.45, 7) is 0. The fourth-order valence-corrected chi connectivity index (χ4v) is 5.48. The topological polar surface area (TPSA) is 26.0 Å². The molecule has 6 fully saturated rings. The smallest absolute Gasteiger partial charge is 0.121 e. The molecule has 3 heteroatoms. The normalized spacial score (nSPS) is 94.4. The summed E-state index contributed by atoms with van der Waals surface area (Å²) in [6.07, 6.45) is 0. The molecule has 0 aliphatic heterocycles. The van der Waals surface area contributed by atoms with Gasteiger partial charge in [0.05, 0.1) is 0 Å². The van der Waals surface area contributed by atoms with E-state index in [-0.39, 0.29) is 17.9 Å². The number of halogens is 2. The van der Waals surface area contributed by atoms with Gasteiger partial charge in [0.2, 0.25) is 0 Å². The van der Waals surface area contributed by atoms with E-state index in [0.717, 1.165) is 0 Å². The lowest BCUT2D eigenvalue weighted by atomic mass is 8.97. The molecule has 0 aromatic carbocycles. The number of alkyl halides is 1. The van der Waals surface area contributed by atoms with Crippen LogP contribution in [0.4, 0.5) is 4.39 Å². The Morgan fingerprint density at radius 1 is 0.909 bits per heavy atom. The second-order valence-electron chi connectivity index (χ2n) is 4.98. The summed E-state index contributed by atoms with van der Waals surface area (Å²) < 4.78 is 13.5. The molecule has 0 radical (unpaired) electrons. The van der Waals surface area contributed by atoms with Crippen LogP contribution >= 0.6 is 12.4 Å². The van der Waals surface area contributed by atoms with Crippen LogP contribution in [0.25, 0.3) is 0 Å². The molecule has 0 unspecified atom stereocenters. The zero-order valence-corrected chi connectivity index (χ0v) is 6.64. The Morgan fingerprint density at radius 3 is 1.55 bits per heavy atom. The van der Waals surface area contributed by atoms with Crippen molar-refractivity contribution in [3.05, 3.63) is 0 Å². The van der Waals surface area contributed by atoms with Crippen molar-refractivity contribution >= 4 is 12.4 Å². The first-order chi connectivity index (χ1) is 4.73. The maximum Gasteiger partial charge on any atom is 0.121 e. The summed E-state index contributed by atoms with van der Waals surface area (Å²) in [7, 11) is 0. The summed E-state index contributed by atoms with van der Waals surface area (Å²) in [4.78, 5) is 0. The van der Waals surface area contributed by atoms with Crippen LogP contribution in [0.2, 0.25) is 0 Å². The van der Waals surface area contributed by atoms with E-state index in [1.165, 1.54) is 0 Å². The Hall–Kier alpha value is 0.180. The minimum atomic E-state index is -0.638. The van der Waals surface area contributed by atoms with Gasteiger partial charge < -0.3 is 5.73 Å². The molecule has 2 N–H and O–H groups in total. The predicted molar refractivity (Wildman–Crippen MR) is 38.9 cm³/mol. The van der Waals surface area contributed by atoms with Gasteiger partial charge in [-0.05, 0) is 17.8 Å². The third kappa shape index (κ3) is 0.188. The average molecular weight is 174 g/mol. The van der Waals surface area contributed by atoms with Gasteiger partial charge in [-0.1, -0.05) is 0 Å². The molecule has 6 aliphatic rings. The molecule has 6 saturated carbocycles. The number of rotatable bonds is 0. The Morgan fingerprint density at radius 2 is 1.27 bits per heavy atom. The summed E-state index contributed by atoms with van der Waals surface area (Å²) in [6, 6.07) is 0. The van der Waals surface area contributed by atoms with Gasteiger partial charge in [0.25, 0.3) is 0 Å². The molecule has 11 heavy (non-hydrogen) atoms. The van der Waals surface area contributed by atoms with Gasteiger partial charge in [-0.3, -0.25) is 0 Å². The van der Waals surface area contributed by atoms with Crippen LogP contribution < -0.4 is 5.73 Å². The van der Waals surface area contributed by atoms with E-state index in [2.05, 4.69) is 0 Å². The molecular formula is C8H9ClFN. The molecule has 0 heterocycles. The molecule has 0 aromatic rings. The van der Waals surface area contributed by atoms with Crippen LogP contribution in [0, 0.1) is 35.5 Å². The SMILES string of the molecule is Cl.NC12C3C4C1C1C2C3C41F. The standard InChI is InChI=1S/C8H8FN.ClH/c9-7-1-4-2(7)6-3(7)5(1)8(4,6)10;/h1-6H,10H2;1H. The van der Waals surface area contributed by atoms with Gasteiger partial charge in [0.1, 0.15) is 5.67 Å². The highest BCUT2D eigenvalue weighted by atomic mass is 35.5. The summed E-state index contributed by atoms with van der Waals surface area (Å²) in [5.41, 5.74) is 5.64. The molecule has 0 bridgehead atoms. The van der Waals surface area contributed by atoms with Crippen molar-refractivity contribution in [3.63, 3.8) is 0 Å². The minimum Gasteiger partial charge on any atom is -0.324 e. The Bertz CT molecular complexity index is 219. The summed E-state index contributed by atoms with van der Waals surface area (Å²) in [5.74, 6) is 3.32. The maximum absolute atomic E-state index is 13.5. The van der Waals surface area contributed by atoms with Crippen LogP contribution in [-0.4, -0.2) is 11.2 Å². The molecule has 60 valence electrons. The molecule has 1 nitrogen and oxygen atoms in total. The number of hydrogen-bond acceptors (Lipinski definition) is 1. The Kier molecular flexibility index (Phi) is 0.493. The highest BCUT2D eigenvalue weighted by Gasteiger charge is 3.10. The van der Waals surface area contributed by atoms with E-state index in [0.29, 0.717) is 35.5 Å². The van der Waals surface area contributed by atoms with Gasteiger partial charge in [-0.15, -0.1) is 12.4 Å². The van der Waals surface area contributed by atoms with E-state index in [9.17, 15) is 4.39 Å². The van der Waals surface area contributed by atoms with Gasteiger partial charge in [-0.25, -0.2) is 4.39 Å². The molecule has 6 aliphatic carbocycles. The first-order valence-electron chi connectivity index (χ1n) is 4.21. The molecule has 0 aromatic heterocycles. The second kappa shape index (κ2) is 0.942. The highest BCUT2D eigenvalue weighted by molar-refractivity contribution is 5.85. The Balaban J connectivity index is 0.000000392. The van der Waals surface area contributed by atoms with Gasteiger partial charge in [-0.2, -0.15) is 0 Å². The number of hydrogen-bond donors (Lipinski definition) is 1. The van der Waals surface area contributed by atoms with Crippen LogP contribution in [0.3, 0.4) is 0 Å². The Labute approximate surface area is 69.9 Å². The monoisotopic (exact) mass is 173 g/mol. The van der Waals surface area contributed by atoms with Crippen LogP contribution in [0.15, 0.2) is 0 Å². The summed E-state index contributed by atoms with van der Waals surface area (Å²) >= 11 is 0. The van der Waals surface area contributed by atoms with Crippen LogP contribution in [0.5, 0.6) is 0 Å². The third-order valence-electron chi connectivity index (χ3n) is 5.59. The van der Waals surface area contributed by atoms with Crippen molar-refractivity contribution in [2.24, 2.45) is 41.2 Å². The van der Waals surface area contributed by atoms with Crippen molar-refractivity contribution < 1.29 is 4.39 Å². The zero-order valence-electron chi connectivity index (χ0n) is 5.83. The van der Waals surface area contributed by atoms with Crippen molar-refractivity contribution in [3.8, 4) is 0 Å². The van der Waals surface area contributed by atoms with E-state index < -0.39 is 5.67 Å². The largest absolute Gasteiger partial charge is 0.324 e. The van der Waals surface area contributed by atoms with E-state index >= 15 is 0 Å². The zero-order chi connectivity index (χ0) is 6.46. The summed E-state index contributed by atoms with van der Waals surface area (Å²) in [5, 5.41) is 0. The second-order valence-corrected chi connectivity index (χ2v) is 4.98. The lowest BCUT2D eigenvalue weighted by molar-refractivity contribution is -0.610. The minimum absolute atomic E-state index is 0. The quantitative estimate of drug-likeness (QED) is 0.570. The first kappa shape index (κ1) is 5.76. The van der Waals surface area contributed by atoms with Crippen LogP contribution in [0.1, 0.15) is 0 Å². The van der Waals surface area contributed by atoms with Crippen molar-refractivity contribution in [2.45, 2.75) is 11.2 Å². The van der Waals surface area contributed by atoms with Crippen molar-refractivity contribution in [1.82, 2.24) is 0 Å². The molecule has 6 rings (SSSR count). The predicted octanol–water partition coefficient (Wildman–Crippen LogP) is 0.579. The first-order valence-corrected chi connectivity index (χ1v) is 4.21. The third-order valence-corrected chi connectivity index (χ3v) is 5.59. The van der Waals surface area contributed by atoms with Crippen molar-refractivity contribution in [1.29, 1.82) is 0 Å². The van der Waals surface area contributed by atoms with E-state index in [1.807, 2.05) is 0 Å². The molecular weight excluding hydrogens is 165 g/mol. The fourth-order valence-electron chi connectivity index (χ4n) is 5.48. The number of nitrogens with two attached hydrogens (primary N) is 1. The van der Waals surface area contributed by atoms with Crippen LogP contribution in [-0.2, 0) is 0 Å². The van der Waals surface area contributed by atoms with Gasteiger partial charge in [0, 0.05) is 23.3 Å². The molecule has 0 amide bonds. The van der Waals surface area contributed by atoms with Crippen molar-refractivity contribution in [2.75, 3.05) is 0 Å². The average Bonchev–Trinajstić information content (AvgIpc) is 1.99.